The van der Waals surface area contributed by atoms with Gasteiger partial charge in [0, 0.05) is 19.7 Å². The minimum absolute atomic E-state index is 0.127. The second-order valence-electron chi connectivity index (χ2n) is 3.65. The molecule has 0 aliphatic heterocycles. The number of alkyl halides is 3. The van der Waals surface area contributed by atoms with Crippen LogP contribution in [0.5, 0.6) is 0 Å². The van der Waals surface area contributed by atoms with Crippen LogP contribution in [-0.4, -0.2) is 43.7 Å². The number of unbranched alkanes of at least 4 members (excludes halogenated alkanes) is 1. The predicted molar refractivity (Wildman–Crippen MR) is 55.3 cm³/mol. The van der Waals surface area contributed by atoms with Gasteiger partial charge in [-0.3, -0.25) is 0 Å². The minimum atomic E-state index is -4.14. The maximum Gasteiger partial charge on any atom is 0.390 e. The first-order chi connectivity index (χ1) is 7.45. The highest BCUT2D eigenvalue weighted by atomic mass is 19.4. The molecule has 0 aliphatic rings. The monoisotopic (exact) mass is 243 g/mol. The van der Waals surface area contributed by atoms with Gasteiger partial charge in [-0.15, -0.1) is 0 Å². The third-order valence-electron chi connectivity index (χ3n) is 1.92. The van der Waals surface area contributed by atoms with Gasteiger partial charge in [0.1, 0.15) is 0 Å². The van der Waals surface area contributed by atoms with Gasteiger partial charge in [-0.05, 0) is 6.42 Å². The molecule has 0 aliphatic carbocycles. The molecule has 6 heteroatoms. The third kappa shape index (κ3) is 11.7. The Balaban J connectivity index is 3.27. The summed E-state index contributed by atoms with van der Waals surface area (Å²) < 4.78 is 40.3. The van der Waals surface area contributed by atoms with Crippen LogP contribution in [0.1, 0.15) is 26.2 Å². The Morgan fingerprint density at radius 3 is 2.62 bits per heavy atom. The van der Waals surface area contributed by atoms with Crippen molar-refractivity contribution in [2.75, 3.05) is 26.3 Å². The molecule has 0 saturated heterocycles. The van der Waals surface area contributed by atoms with E-state index >= 15 is 0 Å². The number of ether oxygens (including phenoxy) is 1. The van der Waals surface area contributed by atoms with E-state index in [0.717, 1.165) is 12.8 Å². The lowest BCUT2D eigenvalue weighted by Gasteiger charge is -2.12. The van der Waals surface area contributed by atoms with Crippen molar-refractivity contribution in [3.63, 3.8) is 0 Å². The maximum absolute atomic E-state index is 11.7. The molecule has 0 aromatic carbocycles. The molecule has 0 spiro atoms. The number of hydrogen-bond donors (Lipinski definition) is 2. The van der Waals surface area contributed by atoms with Crippen LogP contribution in [0.2, 0.25) is 0 Å². The zero-order chi connectivity index (χ0) is 12.4. The SMILES string of the molecule is CCCCOCC(O)CNCCC(F)(F)F. The highest BCUT2D eigenvalue weighted by Crippen LogP contribution is 2.17. The molecule has 1 unspecified atom stereocenters. The van der Waals surface area contributed by atoms with Crippen LogP contribution in [0.15, 0.2) is 0 Å². The molecule has 0 rings (SSSR count). The van der Waals surface area contributed by atoms with Gasteiger partial charge >= 0.3 is 6.18 Å². The Kier molecular flexibility index (Phi) is 8.60. The van der Waals surface area contributed by atoms with Crippen molar-refractivity contribution in [3.05, 3.63) is 0 Å². The largest absolute Gasteiger partial charge is 0.390 e. The Morgan fingerprint density at radius 1 is 1.38 bits per heavy atom. The zero-order valence-electron chi connectivity index (χ0n) is 9.52. The van der Waals surface area contributed by atoms with Crippen molar-refractivity contribution in [2.45, 2.75) is 38.5 Å². The first-order valence-electron chi connectivity index (χ1n) is 5.49. The molecular weight excluding hydrogens is 223 g/mol. The molecule has 16 heavy (non-hydrogen) atoms. The van der Waals surface area contributed by atoms with E-state index < -0.39 is 18.7 Å². The van der Waals surface area contributed by atoms with Gasteiger partial charge in [0.05, 0.1) is 19.1 Å². The standard InChI is InChI=1S/C10H20F3NO2/c1-2-3-6-16-8-9(15)7-14-5-4-10(11,12)13/h9,14-15H,2-8H2,1H3. The normalized spacial score (nSPS) is 14.1. The smallest absolute Gasteiger partial charge is 0.389 e. The molecule has 0 fully saturated rings. The molecule has 3 nitrogen and oxygen atoms in total. The predicted octanol–water partition coefficient (Wildman–Crippen LogP) is 1.71. The van der Waals surface area contributed by atoms with Crippen LogP contribution in [0.25, 0.3) is 0 Å². The molecule has 0 aromatic rings. The van der Waals surface area contributed by atoms with Crippen LogP contribution in [0.3, 0.4) is 0 Å². The van der Waals surface area contributed by atoms with Gasteiger partial charge in [-0.1, -0.05) is 13.3 Å². The average molecular weight is 243 g/mol. The molecule has 0 aromatic heterocycles. The lowest BCUT2D eigenvalue weighted by molar-refractivity contribution is -0.133. The summed E-state index contributed by atoms with van der Waals surface area (Å²) in [6, 6.07) is 0. The maximum atomic E-state index is 11.7. The van der Waals surface area contributed by atoms with Crippen molar-refractivity contribution in [2.24, 2.45) is 0 Å². The van der Waals surface area contributed by atoms with E-state index in [1.54, 1.807) is 0 Å². The summed E-state index contributed by atoms with van der Waals surface area (Å²) in [5, 5.41) is 11.8. The lowest BCUT2D eigenvalue weighted by Crippen LogP contribution is -2.32. The van der Waals surface area contributed by atoms with Crippen LogP contribution in [-0.2, 0) is 4.74 Å². The molecule has 1 atom stereocenters. The summed E-state index contributed by atoms with van der Waals surface area (Å²) >= 11 is 0. The molecule has 0 heterocycles. The number of aliphatic hydroxyl groups excluding tert-OH is 1. The fourth-order valence-electron chi connectivity index (χ4n) is 1.02. The molecule has 98 valence electrons. The number of aliphatic hydroxyl groups is 1. The van der Waals surface area contributed by atoms with Gasteiger partial charge in [0.15, 0.2) is 0 Å². The summed E-state index contributed by atoms with van der Waals surface area (Å²) in [6.07, 6.45) is -3.83. The van der Waals surface area contributed by atoms with Gasteiger partial charge in [0.25, 0.3) is 0 Å². The summed E-state index contributed by atoms with van der Waals surface area (Å²) in [5.41, 5.74) is 0. The number of nitrogens with one attached hydrogen (secondary N) is 1. The van der Waals surface area contributed by atoms with Gasteiger partial charge < -0.3 is 15.2 Å². The minimum Gasteiger partial charge on any atom is -0.389 e. The fraction of sp³-hybridized carbons (Fsp3) is 1.00. The van der Waals surface area contributed by atoms with E-state index in [-0.39, 0.29) is 19.7 Å². The van der Waals surface area contributed by atoms with Crippen LogP contribution < -0.4 is 5.32 Å². The van der Waals surface area contributed by atoms with E-state index in [4.69, 9.17) is 4.74 Å². The van der Waals surface area contributed by atoms with Crippen LogP contribution in [0.4, 0.5) is 13.2 Å². The summed E-state index contributed by atoms with van der Waals surface area (Å²) in [4.78, 5) is 0. The summed E-state index contributed by atoms with van der Waals surface area (Å²) in [7, 11) is 0. The van der Waals surface area contributed by atoms with Crippen molar-refractivity contribution in [1.82, 2.24) is 5.32 Å². The highest BCUT2D eigenvalue weighted by molar-refractivity contribution is 4.60. The molecule has 0 saturated carbocycles. The molecule has 2 N–H and O–H groups in total. The number of hydrogen-bond acceptors (Lipinski definition) is 3. The van der Waals surface area contributed by atoms with E-state index in [1.165, 1.54) is 0 Å². The first kappa shape index (κ1) is 15.7. The fourth-order valence-corrected chi connectivity index (χ4v) is 1.02. The number of halogens is 3. The quantitative estimate of drug-likeness (QED) is 0.606. The Labute approximate surface area is 94.0 Å². The number of rotatable bonds is 9. The second kappa shape index (κ2) is 8.78. The Bertz CT molecular complexity index is 165. The molecule has 0 bridgehead atoms. The second-order valence-corrected chi connectivity index (χ2v) is 3.65. The first-order valence-corrected chi connectivity index (χ1v) is 5.49. The zero-order valence-corrected chi connectivity index (χ0v) is 9.52. The van der Waals surface area contributed by atoms with Crippen molar-refractivity contribution < 1.29 is 23.0 Å². The highest BCUT2D eigenvalue weighted by Gasteiger charge is 2.25. The summed E-state index contributed by atoms with van der Waals surface area (Å²) in [5.74, 6) is 0. The average Bonchev–Trinajstić information content (AvgIpc) is 2.18. The van der Waals surface area contributed by atoms with E-state index in [1.807, 2.05) is 6.92 Å². The van der Waals surface area contributed by atoms with Crippen LogP contribution in [0, 0.1) is 0 Å². The van der Waals surface area contributed by atoms with Crippen molar-refractivity contribution in [1.29, 1.82) is 0 Å². The Morgan fingerprint density at radius 2 is 2.06 bits per heavy atom. The van der Waals surface area contributed by atoms with Gasteiger partial charge in [-0.2, -0.15) is 13.2 Å². The van der Waals surface area contributed by atoms with Crippen LogP contribution >= 0.6 is 0 Å². The van der Waals surface area contributed by atoms with Crippen molar-refractivity contribution in [3.8, 4) is 0 Å². The van der Waals surface area contributed by atoms with Crippen molar-refractivity contribution >= 4 is 0 Å². The molecule has 0 radical (unpaired) electrons. The lowest BCUT2D eigenvalue weighted by atomic mass is 10.3. The van der Waals surface area contributed by atoms with Gasteiger partial charge in [-0.25, -0.2) is 0 Å². The molecular formula is C10H20F3NO2. The topological polar surface area (TPSA) is 41.5 Å². The summed E-state index contributed by atoms with van der Waals surface area (Å²) in [6.45, 7) is 2.73. The Hall–Kier alpha value is -0.330. The molecule has 0 amide bonds. The van der Waals surface area contributed by atoms with E-state index in [9.17, 15) is 18.3 Å². The third-order valence-corrected chi connectivity index (χ3v) is 1.92. The van der Waals surface area contributed by atoms with E-state index in [2.05, 4.69) is 5.32 Å². The van der Waals surface area contributed by atoms with Gasteiger partial charge in [0.2, 0.25) is 0 Å². The van der Waals surface area contributed by atoms with E-state index in [0.29, 0.717) is 6.61 Å².